The number of ketones is 1. The van der Waals surface area contributed by atoms with Crippen LogP contribution >= 0.6 is 0 Å². The molecule has 0 N–H and O–H groups in total. The highest BCUT2D eigenvalue weighted by atomic mass is 16.6. The van der Waals surface area contributed by atoms with E-state index in [1.807, 2.05) is 30.3 Å². The Morgan fingerprint density at radius 1 is 1.12 bits per heavy atom. The van der Waals surface area contributed by atoms with E-state index < -0.39 is 18.1 Å². The second-order valence-electron chi connectivity index (χ2n) is 5.69. The molecule has 1 amide bonds. The molecule has 1 heterocycles. The number of amides is 1. The zero-order chi connectivity index (χ0) is 17.4. The molecule has 6 nitrogen and oxygen atoms in total. The first-order valence-electron chi connectivity index (χ1n) is 8.27. The Balaban J connectivity index is 1.93. The van der Waals surface area contributed by atoms with E-state index in [1.54, 1.807) is 6.92 Å². The monoisotopic (exact) mass is 333 g/mol. The molecular formula is C18H23NO5. The number of benzene rings is 1. The normalized spacial score (nSPS) is 17.2. The number of Topliss-reactive ketones (excluding diaryl/α,β-unsaturated/α-hetero) is 1. The van der Waals surface area contributed by atoms with Crippen molar-refractivity contribution in [2.75, 3.05) is 13.2 Å². The van der Waals surface area contributed by atoms with E-state index in [9.17, 15) is 14.4 Å². The summed E-state index contributed by atoms with van der Waals surface area (Å²) in [5.74, 6) is -0.838. The SMILES string of the molecule is CCOC(=O)CC(=O)C1CCCCN1C(=O)OCc1ccccc1. The largest absolute Gasteiger partial charge is 0.466 e. The standard InChI is InChI=1S/C18H23NO5/c1-2-23-17(21)12-16(20)15-10-6-7-11-19(15)18(22)24-13-14-8-4-3-5-9-14/h3-5,8-9,15H,2,6-7,10-13H2,1H3. The van der Waals surface area contributed by atoms with Crippen molar-refractivity contribution in [2.45, 2.75) is 45.3 Å². The summed E-state index contributed by atoms with van der Waals surface area (Å²) in [6, 6.07) is 8.76. The van der Waals surface area contributed by atoms with Gasteiger partial charge < -0.3 is 9.47 Å². The van der Waals surface area contributed by atoms with Crippen molar-refractivity contribution in [3.8, 4) is 0 Å². The van der Waals surface area contributed by atoms with E-state index in [4.69, 9.17) is 9.47 Å². The minimum Gasteiger partial charge on any atom is -0.466 e. The molecule has 0 saturated carbocycles. The van der Waals surface area contributed by atoms with Gasteiger partial charge in [-0.2, -0.15) is 0 Å². The van der Waals surface area contributed by atoms with Gasteiger partial charge in [-0.3, -0.25) is 14.5 Å². The van der Waals surface area contributed by atoms with Gasteiger partial charge in [-0.05, 0) is 31.7 Å². The number of hydrogen-bond acceptors (Lipinski definition) is 5. The number of likely N-dealkylation sites (tertiary alicyclic amines) is 1. The summed E-state index contributed by atoms with van der Waals surface area (Å²) in [6.45, 7) is 2.55. The molecular weight excluding hydrogens is 310 g/mol. The van der Waals surface area contributed by atoms with Gasteiger partial charge in [0.15, 0.2) is 5.78 Å². The van der Waals surface area contributed by atoms with Crippen LogP contribution in [0, 0.1) is 0 Å². The zero-order valence-electron chi connectivity index (χ0n) is 13.9. The fourth-order valence-electron chi connectivity index (χ4n) is 2.76. The van der Waals surface area contributed by atoms with Gasteiger partial charge in [-0.1, -0.05) is 30.3 Å². The second kappa shape index (κ2) is 9.05. The summed E-state index contributed by atoms with van der Waals surface area (Å²) < 4.78 is 10.1. The van der Waals surface area contributed by atoms with E-state index in [2.05, 4.69) is 0 Å². The van der Waals surface area contributed by atoms with Gasteiger partial charge in [0, 0.05) is 6.54 Å². The average Bonchev–Trinajstić information content (AvgIpc) is 2.60. The molecule has 6 heteroatoms. The molecule has 1 aliphatic heterocycles. The van der Waals surface area contributed by atoms with Crippen molar-refractivity contribution in [3.63, 3.8) is 0 Å². The molecule has 1 atom stereocenters. The van der Waals surface area contributed by atoms with E-state index in [0.717, 1.165) is 18.4 Å². The third-order valence-corrected chi connectivity index (χ3v) is 3.94. The van der Waals surface area contributed by atoms with Crippen LogP contribution in [0.1, 0.15) is 38.2 Å². The van der Waals surface area contributed by atoms with Gasteiger partial charge in [0.25, 0.3) is 0 Å². The lowest BCUT2D eigenvalue weighted by molar-refractivity contribution is -0.146. The van der Waals surface area contributed by atoms with Gasteiger partial charge in [-0.15, -0.1) is 0 Å². The average molecular weight is 333 g/mol. The Morgan fingerprint density at radius 3 is 2.58 bits per heavy atom. The molecule has 1 aliphatic rings. The van der Waals surface area contributed by atoms with Gasteiger partial charge in [0.2, 0.25) is 0 Å². The van der Waals surface area contributed by atoms with Crippen molar-refractivity contribution in [3.05, 3.63) is 35.9 Å². The van der Waals surface area contributed by atoms with E-state index in [-0.39, 0.29) is 25.4 Å². The maximum absolute atomic E-state index is 12.3. The topological polar surface area (TPSA) is 72.9 Å². The molecule has 0 radical (unpaired) electrons. The van der Waals surface area contributed by atoms with Crippen molar-refractivity contribution < 1.29 is 23.9 Å². The van der Waals surface area contributed by atoms with Crippen LogP contribution in [0.15, 0.2) is 30.3 Å². The molecule has 1 unspecified atom stereocenters. The fourth-order valence-corrected chi connectivity index (χ4v) is 2.76. The Kier molecular flexibility index (Phi) is 6.78. The summed E-state index contributed by atoms with van der Waals surface area (Å²) in [5.41, 5.74) is 0.886. The maximum atomic E-state index is 12.3. The lowest BCUT2D eigenvalue weighted by Crippen LogP contribution is -2.48. The number of carbonyl (C=O) groups excluding carboxylic acids is 3. The van der Waals surface area contributed by atoms with Crippen LogP contribution in [0.2, 0.25) is 0 Å². The number of nitrogens with zero attached hydrogens (tertiary/aromatic N) is 1. The molecule has 0 aromatic heterocycles. The highest BCUT2D eigenvalue weighted by Gasteiger charge is 2.34. The van der Waals surface area contributed by atoms with Gasteiger partial charge in [-0.25, -0.2) is 4.79 Å². The highest BCUT2D eigenvalue weighted by molar-refractivity contribution is 5.99. The van der Waals surface area contributed by atoms with Crippen LogP contribution in [0.4, 0.5) is 4.79 Å². The maximum Gasteiger partial charge on any atom is 0.410 e. The van der Waals surface area contributed by atoms with Crippen molar-refractivity contribution in [1.29, 1.82) is 0 Å². The van der Waals surface area contributed by atoms with Crippen molar-refractivity contribution >= 4 is 17.8 Å². The molecule has 1 saturated heterocycles. The molecule has 1 aromatic rings. The van der Waals surface area contributed by atoms with Crippen LogP contribution in [0.5, 0.6) is 0 Å². The number of esters is 1. The summed E-state index contributed by atoms with van der Waals surface area (Å²) in [5, 5.41) is 0. The van der Waals surface area contributed by atoms with Gasteiger partial charge in [0.1, 0.15) is 13.0 Å². The van der Waals surface area contributed by atoms with Crippen LogP contribution < -0.4 is 0 Å². The quantitative estimate of drug-likeness (QED) is 0.591. The van der Waals surface area contributed by atoms with Crippen LogP contribution in [-0.2, 0) is 25.7 Å². The summed E-state index contributed by atoms with van der Waals surface area (Å²) >= 11 is 0. The Hall–Kier alpha value is -2.37. The van der Waals surface area contributed by atoms with Crippen LogP contribution in [0.3, 0.4) is 0 Å². The van der Waals surface area contributed by atoms with E-state index in [1.165, 1.54) is 4.90 Å². The Labute approximate surface area is 141 Å². The molecule has 0 spiro atoms. The predicted molar refractivity (Wildman–Crippen MR) is 87.2 cm³/mol. The van der Waals surface area contributed by atoms with Crippen LogP contribution in [0.25, 0.3) is 0 Å². The molecule has 1 fully saturated rings. The van der Waals surface area contributed by atoms with Crippen LogP contribution in [-0.4, -0.2) is 41.9 Å². The first-order valence-corrected chi connectivity index (χ1v) is 8.27. The highest BCUT2D eigenvalue weighted by Crippen LogP contribution is 2.20. The zero-order valence-corrected chi connectivity index (χ0v) is 13.9. The lowest BCUT2D eigenvalue weighted by atomic mass is 9.97. The van der Waals surface area contributed by atoms with Gasteiger partial charge >= 0.3 is 12.1 Å². The fraction of sp³-hybridized carbons (Fsp3) is 0.500. The summed E-state index contributed by atoms with van der Waals surface area (Å²) in [6.07, 6.45) is 1.41. The second-order valence-corrected chi connectivity index (χ2v) is 5.69. The van der Waals surface area contributed by atoms with E-state index in [0.29, 0.717) is 13.0 Å². The number of rotatable bonds is 6. The third-order valence-electron chi connectivity index (χ3n) is 3.94. The molecule has 130 valence electrons. The molecule has 0 aliphatic carbocycles. The first-order chi connectivity index (χ1) is 11.6. The molecule has 2 rings (SSSR count). The number of carbonyl (C=O) groups is 3. The molecule has 24 heavy (non-hydrogen) atoms. The van der Waals surface area contributed by atoms with Crippen molar-refractivity contribution in [1.82, 2.24) is 4.90 Å². The lowest BCUT2D eigenvalue weighted by Gasteiger charge is -2.33. The molecule has 0 bridgehead atoms. The predicted octanol–water partition coefficient (Wildman–Crippen LogP) is 2.70. The summed E-state index contributed by atoms with van der Waals surface area (Å²) in [4.78, 5) is 37.6. The van der Waals surface area contributed by atoms with Crippen molar-refractivity contribution in [2.24, 2.45) is 0 Å². The third kappa shape index (κ3) is 5.08. The number of ether oxygens (including phenoxy) is 2. The minimum atomic E-state index is -0.605. The minimum absolute atomic E-state index is 0.162. The Bertz CT molecular complexity index is 572. The number of piperidine rings is 1. The number of hydrogen-bond donors (Lipinski definition) is 0. The van der Waals surface area contributed by atoms with Gasteiger partial charge in [0.05, 0.1) is 12.6 Å². The van der Waals surface area contributed by atoms with E-state index >= 15 is 0 Å². The first kappa shape index (κ1) is 18.0. The smallest absolute Gasteiger partial charge is 0.410 e. The Morgan fingerprint density at radius 2 is 1.88 bits per heavy atom. The summed E-state index contributed by atoms with van der Waals surface area (Å²) in [7, 11) is 0. The molecule has 1 aromatic carbocycles.